The van der Waals surface area contributed by atoms with Gasteiger partial charge in [-0.25, -0.2) is 9.59 Å². The third kappa shape index (κ3) is 15.7. The molecule has 2 aromatic rings. The maximum atomic E-state index is 12.5. The molecule has 0 saturated carbocycles. The molecule has 0 fully saturated rings. The monoisotopic (exact) mass is 660 g/mol. The highest BCUT2D eigenvalue weighted by Gasteiger charge is 2.26. The molecule has 2 aromatic heterocycles. The van der Waals surface area contributed by atoms with Crippen molar-refractivity contribution in [3.8, 4) is 0 Å². The Balaban J connectivity index is 0.000000833. The highest BCUT2D eigenvalue weighted by molar-refractivity contribution is 5.74. The standard InChI is InChI=1S/C18H30N2O3.C16H23NO4.C2H7N/c1-7-23-18(22)16(10-13(2)3)20-12-15(8-9-19(5)6)11-14(4)17(20)21;1-5-21-16(20)14(8-11(2)3)17-10-13(6-7-18)9-12(4)15(17)19;1-3-2/h11-13,16H,7-10H2,1-6H3;7,9-11,14H,5-6,8H2,1-4H3;3H,1-2H3. The number of ether oxygens (including phenoxy) is 2. The number of hydrogen-bond donors (Lipinski definition) is 1. The lowest BCUT2D eigenvalue weighted by molar-refractivity contribution is -0.148. The first-order valence-electron chi connectivity index (χ1n) is 16.5. The lowest BCUT2D eigenvalue weighted by Crippen LogP contribution is -2.33. The second-order valence-corrected chi connectivity index (χ2v) is 12.7. The van der Waals surface area contributed by atoms with E-state index in [-0.39, 0.29) is 36.0 Å². The fourth-order valence-electron chi connectivity index (χ4n) is 4.81. The van der Waals surface area contributed by atoms with Gasteiger partial charge >= 0.3 is 11.9 Å². The zero-order valence-electron chi connectivity index (χ0n) is 30.8. The summed E-state index contributed by atoms with van der Waals surface area (Å²) in [5.41, 5.74) is 2.64. The van der Waals surface area contributed by atoms with Crippen LogP contribution in [0.25, 0.3) is 0 Å². The molecule has 11 heteroatoms. The molecule has 2 unspecified atom stereocenters. The van der Waals surface area contributed by atoms with E-state index in [1.165, 1.54) is 4.57 Å². The summed E-state index contributed by atoms with van der Waals surface area (Å²) in [4.78, 5) is 62.1. The van der Waals surface area contributed by atoms with Crippen LogP contribution in [0.15, 0.2) is 34.1 Å². The van der Waals surface area contributed by atoms with E-state index >= 15 is 0 Å². The second kappa shape index (κ2) is 22.9. The van der Waals surface area contributed by atoms with Gasteiger partial charge in [0.2, 0.25) is 0 Å². The smallest absolute Gasteiger partial charge is 0.329 e. The molecule has 0 saturated heterocycles. The third-order valence-corrected chi connectivity index (χ3v) is 6.90. The molecule has 1 N–H and O–H groups in total. The summed E-state index contributed by atoms with van der Waals surface area (Å²) >= 11 is 0. The zero-order valence-corrected chi connectivity index (χ0v) is 30.8. The van der Waals surface area contributed by atoms with Crippen LogP contribution in [0.4, 0.5) is 0 Å². The van der Waals surface area contributed by atoms with Gasteiger partial charge in [-0.1, -0.05) is 27.7 Å². The van der Waals surface area contributed by atoms with Crippen LogP contribution >= 0.6 is 0 Å². The summed E-state index contributed by atoms with van der Waals surface area (Å²) < 4.78 is 13.2. The van der Waals surface area contributed by atoms with Crippen LogP contribution in [-0.4, -0.2) is 80.2 Å². The maximum Gasteiger partial charge on any atom is 0.329 e. The Hall–Kier alpha value is -3.57. The van der Waals surface area contributed by atoms with E-state index in [4.69, 9.17) is 9.47 Å². The average Bonchev–Trinajstić information content (AvgIpc) is 2.98. The van der Waals surface area contributed by atoms with E-state index in [9.17, 15) is 24.0 Å². The van der Waals surface area contributed by atoms with Crippen molar-refractivity contribution in [3.05, 3.63) is 67.5 Å². The van der Waals surface area contributed by atoms with Gasteiger partial charge in [0.15, 0.2) is 0 Å². The second-order valence-electron chi connectivity index (χ2n) is 12.7. The third-order valence-electron chi connectivity index (χ3n) is 6.90. The number of nitrogens with one attached hydrogen (secondary N) is 1. The summed E-state index contributed by atoms with van der Waals surface area (Å²) in [5, 5.41) is 2.75. The lowest BCUT2D eigenvalue weighted by Gasteiger charge is -2.22. The minimum Gasteiger partial charge on any atom is -0.464 e. The molecule has 0 aliphatic carbocycles. The van der Waals surface area contributed by atoms with Gasteiger partial charge in [-0.3, -0.25) is 9.59 Å². The van der Waals surface area contributed by atoms with Crippen LogP contribution < -0.4 is 16.4 Å². The first-order valence-corrected chi connectivity index (χ1v) is 16.5. The van der Waals surface area contributed by atoms with Gasteiger partial charge in [0, 0.05) is 36.5 Å². The molecule has 2 heterocycles. The summed E-state index contributed by atoms with van der Waals surface area (Å²) in [6, 6.07) is 2.40. The molecular weight excluding hydrogens is 600 g/mol. The van der Waals surface area contributed by atoms with Crippen LogP contribution in [-0.2, 0) is 36.7 Å². The van der Waals surface area contributed by atoms with Crippen LogP contribution in [0.1, 0.15) is 88.7 Å². The number of esters is 2. The van der Waals surface area contributed by atoms with Crippen molar-refractivity contribution >= 4 is 18.2 Å². The van der Waals surface area contributed by atoms with Gasteiger partial charge in [0.1, 0.15) is 18.4 Å². The number of rotatable bonds is 15. The van der Waals surface area contributed by atoms with Crippen molar-refractivity contribution in [1.82, 2.24) is 19.4 Å². The van der Waals surface area contributed by atoms with Crippen LogP contribution in [0.2, 0.25) is 0 Å². The molecule has 0 amide bonds. The highest BCUT2D eigenvalue weighted by atomic mass is 16.5. The van der Waals surface area contributed by atoms with E-state index in [0.717, 1.165) is 30.4 Å². The van der Waals surface area contributed by atoms with Crippen molar-refractivity contribution in [2.24, 2.45) is 11.8 Å². The van der Waals surface area contributed by atoms with E-state index in [1.807, 2.05) is 68.1 Å². The van der Waals surface area contributed by atoms with Crippen LogP contribution in [0.3, 0.4) is 0 Å². The summed E-state index contributed by atoms with van der Waals surface area (Å²) in [5.74, 6) is -0.202. The van der Waals surface area contributed by atoms with Gasteiger partial charge in [0.05, 0.1) is 13.2 Å². The van der Waals surface area contributed by atoms with Crippen molar-refractivity contribution in [1.29, 1.82) is 0 Å². The number of hydrogen-bond acceptors (Lipinski definition) is 9. The quantitative estimate of drug-likeness (QED) is 0.220. The minimum atomic E-state index is -0.650. The Morgan fingerprint density at radius 1 is 0.809 bits per heavy atom. The fourth-order valence-corrected chi connectivity index (χ4v) is 4.81. The van der Waals surface area contributed by atoms with Crippen molar-refractivity contribution in [2.75, 3.05) is 47.9 Å². The molecule has 0 radical (unpaired) electrons. The Morgan fingerprint density at radius 3 is 1.53 bits per heavy atom. The zero-order chi connectivity index (χ0) is 36.3. The molecule has 2 atom stereocenters. The van der Waals surface area contributed by atoms with Crippen LogP contribution in [0.5, 0.6) is 0 Å². The van der Waals surface area contributed by atoms with Gasteiger partial charge < -0.3 is 33.6 Å². The summed E-state index contributed by atoms with van der Waals surface area (Å²) in [6.07, 6.45) is 6.36. The first kappa shape index (κ1) is 43.4. The van der Waals surface area contributed by atoms with Gasteiger partial charge in [-0.2, -0.15) is 0 Å². The maximum absolute atomic E-state index is 12.5. The predicted octanol–water partition coefficient (Wildman–Crippen LogP) is 4.30. The number of aldehydes is 1. The lowest BCUT2D eigenvalue weighted by atomic mass is 10.0. The van der Waals surface area contributed by atoms with Gasteiger partial charge in [0.25, 0.3) is 11.1 Å². The van der Waals surface area contributed by atoms with Crippen molar-refractivity contribution < 1.29 is 23.9 Å². The first-order chi connectivity index (χ1) is 22.1. The number of nitrogens with zero attached hydrogens (tertiary/aromatic N) is 3. The average molecular weight is 661 g/mol. The Morgan fingerprint density at radius 2 is 1.19 bits per heavy atom. The van der Waals surface area contributed by atoms with E-state index in [1.54, 1.807) is 44.5 Å². The Labute approximate surface area is 281 Å². The largest absolute Gasteiger partial charge is 0.464 e. The van der Waals surface area contributed by atoms with Crippen molar-refractivity contribution in [2.45, 2.75) is 93.2 Å². The molecule has 2 rings (SSSR count). The minimum absolute atomic E-state index is 0.114. The molecule has 0 bridgehead atoms. The molecule has 11 nitrogen and oxygen atoms in total. The molecule has 0 spiro atoms. The molecular formula is C36H60N4O7. The van der Waals surface area contributed by atoms with E-state index < -0.39 is 18.1 Å². The number of pyridine rings is 2. The number of carbonyl (C=O) groups excluding carboxylic acids is 3. The predicted molar refractivity (Wildman–Crippen MR) is 188 cm³/mol. The van der Waals surface area contributed by atoms with Crippen molar-refractivity contribution in [3.63, 3.8) is 0 Å². The molecule has 266 valence electrons. The Kier molecular flexibility index (Phi) is 21.1. The summed E-state index contributed by atoms with van der Waals surface area (Å²) in [6.45, 7) is 16.6. The highest BCUT2D eigenvalue weighted by Crippen LogP contribution is 2.20. The molecule has 0 aromatic carbocycles. The number of carbonyl (C=O) groups is 3. The van der Waals surface area contributed by atoms with Gasteiger partial charge in [-0.05, 0) is 110 Å². The molecule has 47 heavy (non-hydrogen) atoms. The normalized spacial score (nSPS) is 12.1. The fraction of sp³-hybridized carbons (Fsp3) is 0.639. The van der Waals surface area contributed by atoms with E-state index in [2.05, 4.69) is 10.2 Å². The topological polar surface area (TPSA) is 129 Å². The SMILES string of the molecule is CCOC(=O)C(CC(C)C)n1cc(CC=O)cc(C)c1=O.CCOC(=O)C(CC(C)C)n1cc(CCN(C)C)cc(C)c1=O.CNC. The number of aryl methyl sites for hydroxylation is 2. The van der Waals surface area contributed by atoms with E-state index in [0.29, 0.717) is 36.5 Å². The molecule has 0 aliphatic rings. The Bertz CT molecular complexity index is 1360. The van der Waals surface area contributed by atoms with Gasteiger partial charge in [-0.15, -0.1) is 0 Å². The number of aromatic nitrogens is 2. The number of likely N-dealkylation sites (N-methyl/N-ethyl adjacent to an activating group) is 1. The molecule has 0 aliphatic heterocycles. The van der Waals surface area contributed by atoms with Crippen LogP contribution in [0, 0.1) is 25.7 Å². The summed E-state index contributed by atoms with van der Waals surface area (Å²) in [7, 11) is 7.78.